The van der Waals surface area contributed by atoms with Crippen molar-refractivity contribution in [3.63, 3.8) is 0 Å². The molecule has 2 amide bonds. The Kier molecular flexibility index (Phi) is 1.03. The second-order valence-corrected chi connectivity index (χ2v) is 1.27. The Bertz CT molecular complexity index is 140. The van der Waals surface area contributed by atoms with Crippen molar-refractivity contribution in [2.24, 2.45) is 10.7 Å². The molecule has 0 aromatic carbocycles. The number of carbonyl (C=O) groups is 1. The van der Waals surface area contributed by atoms with Gasteiger partial charge in [-0.3, -0.25) is 5.32 Å². The number of nitrogens with zero attached hydrogens (tertiary/aromatic N) is 2. The molecule has 5 heteroatoms. The topological polar surface area (TPSA) is 81.6 Å². The molecule has 0 aromatic heterocycles. The average molecular weight is 113 g/mol. The van der Waals surface area contributed by atoms with Crippen molar-refractivity contribution in [3.8, 4) is 0 Å². The van der Waals surface area contributed by atoms with E-state index in [2.05, 4.69) is 15.6 Å². The summed E-state index contributed by atoms with van der Waals surface area (Å²) in [6.07, 6.45) is 0. The van der Waals surface area contributed by atoms with Crippen molar-refractivity contribution in [2.45, 2.75) is 0 Å². The molecule has 0 saturated carbocycles. The lowest BCUT2D eigenvalue weighted by Crippen LogP contribution is -2.44. The van der Waals surface area contributed by atoms with Crippen LogP contribution in [0.1, 0.15) is 0 Å². The Morgan fingerprint density at radius 2 is 2.50 bits per heavy atom. The van der Waals surface area contributed by atoms with Crippen LogP contribution in [-0.2, 0) is 0 Å². The van der Waals surface area contributed by atoms with E-state index >= 15 is 0 Å². The van der Waals surface area contributed by atoms with Gasteiger partial charge < -0.3 is 5.73 Å². The largest absolute Gasteiger partial charge is 0.370 e. The zero-order valence-electron chi connectivity index (χ0n) is 4.09. The Hall–Kier alpha value is -1.26. The van der Waals surface area contributed by atoms with Crippen LogP contribution in [0.25, 0.3) is 0 Å². The molecule has 3 N–H and O–H groups in total. The number of hydrogen-bond acceptors (Lipinski definition) is 3. The molecule has 1 heterocycles. The first-order valence-electron chi connectivity index (χ1n) is 2.07. The number of rotatable bonds is 0. The number of nitrogens with one attached hydrogen (secondary N) is 1. The summed E-state index contributed by atoms with van der Waals surface area (Å²) in [5.74, 6) is 0.144. The standard InChI is InChI=1S/C3H5N4O/c4-2-5-1-6-3(8)7-2/h1H2,(H3,4,5,7,8). The van der Waals surface area contributed by atoms with Crippen molar-refractivity contribution in [1.82, 2.24) is 10.6 Å². The van der Waals surface area contributed by atoms with Gasteiger partial charge in [0.25, 0.3) is 0 Å². The fourth-order valence-electron chi connectivity index (χ4n) is 0.364. The van der Waals surface area contributed by atoms with E-state index < -0.39 is 6.03 Å². The van der Waals surface area contributed by atoms with Crippen molar-refractivity contribution >= 4 is 12.0 Å². The highest BCUT2D eigenvalue weighted by atomic mass is 16.2. The molecule has 0 saturated heterocycles. The smallest absolute Gasteiger partial charge is 0.344 e. The van der Waals surface area contributed by atoms with Gasteiger partial charge in [-0.05, 0) is 0 Å². The van der Waals surface area contributed by atoms with Crippen molar-refractivity contribution in [2.75, 3.05) is 6.67 Å². The van der Waals surface area contributed by atoms with Crippen LogP contribution in [-0.4, -0.2) is 18.7 Å². The van der Waals surface area contributed by atoms with Crippen LogP contribution in [0.15, 0.2) is 4.99 Å². The minimum Gasteiger partial charge on any atom is -0.370 e. The first-order valence-corrected chi connectivity index (χ1v) is 2.07. The predicted molar refractivity (Wildman–Crippen MR) is 27.2 cm³/mol. The van der Waals surface area contributed by atoms with E-state index in [1.165, 1.54) is 0 Å². The molecule has 1 rings (SSSR count). The predicted octanol–water partition coefficient (Wildman–Crippen LogP) is -1.41. The number of amides is 2. The average Bonchev–Trinajstić information content (AvgIpc) is 1.64. The molecule has 0 spiro atoms. The Labute approximate surface area is 46.0 Å². The van der Waals surface area contributed by atoms with Crippen LogP contribution in [0.4, 0.5) is 4.79 Å². The number of aliphatic imine (C=N–C) groups is 1. The zero-order valence-corrected chi connectivity index (χ0v) is 4.09. The summed E-state index contributed by atoms with van der Waals surface area (Å²) in [4.78, 5) is 13.8. The number of urea groups is 1. The van der Waals surface area contributed by atoms with Gasteiger partial charge in [-0.1, -0.05) is 0 Å². The lowest BCUT2D eigenvalue weighted by Gasteiger charge is -2.06. The molecular formula is C3H5N4O. The van der Waals surface area contributed by atoms with Crippen molar-refractivity contribution in [1.29, 1.82) is 0 Å². The van der Waals surface area contributed by atoms with Crippen molar-refractivity contribution in [3.05, 3.63) is 0 Å². The van der Waals surface area contributed by atoms with E-state index in [4.69, 9.17) is 5.73 Å². The lowest BCUT2D eigenvalue weighted by atomic mass is 10.8. The van der Waals surface area contributed by atoms with E-state index in [0.717, 1.165) is 0 Å². The number of carbonyl (C=O) groups excluding carboxylic acids is 1. The molecule has 0 unspecified atom stereocenters. The summed E-state index contributed by atoms with van der Waals surface area (Å²) in [7, 11) is 0. The Balaban J connectivity index is 2.57. The molecule has 1 radical (unpaired) electrons. The third-order valence-corrected chi connectivity index (χ3v) is 0.690. The van der Waals surface area contributed by atoms with Crippen LogP contribution >= 0.6 is 0 Å². The van der Waals surface area contributed by atoms with Crippen LogP contribution in [0.2, 0.25) is 0 Å². The molecule has 0 aromatic rings. The van der Waals surface area contributed by atoms with Crippen LogP contribution in [0, 0.1) is 0 Å². The zero-order chi connectivity index (χ0) is 5.98. The Morgan fingerprint density at radius 3 is 2.88 bits per heavy atom. The van der Waals surface area contributed by atoms with Crippen LogP contribution in [0.5, 0.6) is 0 Å². The summed E-state index contributed by atoms with van der Waals surface area (Å²) in [5.41, 5.74) is 5.08. The maximum absolute atomic E-state index is 10.2. The van der Waals surface area contributed by atoms with E-state index in [0.29, 0.717) is 0 Å². The van der Waals surface area contributed by atoms with E-state index in [9.17, 15) is 4.79 Å². The van der Waals surface area contributed by atoms with E-state index in [1.807, 2.05) is 0 Å². The molecule has 0 atom stereocenters. The highest BCUT2D eigenvalue weighted by molar-refractivity contribution is 5.96. The minimum absolute atomic E-state index is 0.144. The summed E-state index contributed by atoms with van der Waals surface area (Å²) in [5, 5.41) is 5.56. The molecule has 1 aliphatic rings. The second-order valence-electron chi connectivity index (χ2n) is 1.27. The lowest BCUT2D eigenvalue weighted by molar-refractivity contribution is 0.243. The summed E-state index contributed by atoms with van der Waals surface area (Å²) < 4.78 is 0. The molecule has 0 aliphatic carbocycles. The van der Waals surface area contributed by atoms with Crippen molar-refractivity contribution < 1.29 is 4.79 Å². The highest BCUT2D eigenvalue weighted by Gasteiger charge is 2.06. The normalized spacial score (nSPS) is 18.5. The van der Waals surface area contributed by atoms with E-state index in [-0.39, 0.29) is 12.6 Å². The van der Waals surface area contributed by atoms with Gasteiger partial charge in [0.1, 0.15) is 6.67 Å². The third kappa shape index (κ3) is 0.868. The SMILES string of the molecule is NC1=NC[N]C(=O)N1. The highest BCUT2D eigenvalue weighted by Crippen LogP contribution is 1.76. The fraction of sp³-hybridized carbons (Fsp3) is 0.333. The third-order valence-electron chi connectivity index (χ3n) is 0.690. The molecule has 0 bridgehead atoms. The minimum atomic E-state index is -0.419. The van der Waals surface area contributed by atoms with Gasteiger partial charge in [0, 0.05) is 0 Å². The summed E-state index contributed by atoms with van der Waals surface area (Å²) in [6, 6.07) is -0.419. The van der Waals surface area contributed by atoms with Gasteiger partial charge in [0.05, 0.1) is 0 Å². The van der Waals surface area contributed by atoms with Gasteiger partial charge in [-0.25, -0.2) is 15.1 Å². The molecule has 43 valence electrons. The quantitative estimate of drug-likeness (QED) is 0.404. The first kappa shape index (κ1) is 4.89. The molecule has 1 aliphatic heterocycles. The van der Waals surface area contributed by atoms with Gasteiger partial charge in [0.2, 0.25) is 0 Å². The number of guanidine groups is 1. The summed E-state index contributed by atoms with van der Waals surface area (Å²) in [6.45, 7) is 0.150. The maximum atomic E-state index is 10.2. The maximum Gasteiger partial charge on any atom is 0.344 e. The van der Waals surface area contributed by atoms with Gasteiger partial charge in [-0.2, -0.15) is 0 Å². The van der Waals surface area contributed by atoms with E-state index in [1.54, 1.807) is 0 Å². The first-order chi connectivity index (χ1) is 3.79. The van der Waals surface area contributed by atoms with Gasteiger partial charge in [-0.15, -0.1) is 0 Å². The van der Waals surface area contributed by atoms with Crippen LogP contribution < -0.4 is 16.4 Å². The molecule has 8 heavy (non-hydrogen) atoms. The van der Waals surface area contributed by atoms with Gasteiger partial charge in [0.15, 0.2) is 5.96 Å². The second kappa shape index (κ2) is 1.69. The molecule has 5 nitrogen and oxygen atoms in total. The monoisotopic (exact) mass is 113 g/mol. The number of nitrogens with two attached hydrogens (primary N) is 1. The van der Waals surface area contributed by atoms with Gasteiger partial charge >= 0.3 is 6.03 Å². The molecular weight excluding hydrogens is 108 g/mol. The Morgan fingerprint density at radius 1 is 1.75 bits per heavy atom. The number of hydrogen-bond donors (Lipinski definition) is 2. The molecule has 0 fully saturated rings. The fourth-order valence-corrected chi connectivity index (χ4v) is 0.364. The van der Waals surface area contributed by atoms with Crippen LogP contribution in [0.3, 0.4) is 0 Å². The summed E-state index contributed by atoms with van der Waals surface area (Å²) >= 11 is 0.